The average Bonchev–Trinajstić information content (AvgIpc) is 3.18. The van der Waals surface area contributed by atoms with Gasteiger partial charge in [-0.1, -0.05) is 63.2 Å². The largest absolute Gasteiger partial charge is 0.355 e. The smallest absolute Gasteiger partial charge is 0.0542 e. The van der Waals surface area contributed by atoms with Gasteiger partial charge < -0.3 is 9.88 Å². The summed E-state index contributed by atoms with van der Waals surface area (Å²) in [4.78, 5) is 0. The molecule has 1 heterocycles. The molecule has 0 spiro atoms. The van der Waals surface area contributed by atoms with Crippen molar-refractivity contribution in [2.45, 2.75) is 51.9 Å². The highest BCUT2D eigenvalue weighted by molar-refractivity contribution is 6.10. The van der Waals surface area contributed by atoms with Crippen LogP contribution in [0.25, 0.3) is 27.5 Å². The zero-order valence-electron chi connectivity index (χ0n) is 20.4. The number of aryl methyl sites for hydroxylation is 1. The molecule has 5 aromatic rings. The van der Waals surface area contributed by atoms with Crippen molar-refractivity contribution in [3.63, 3.8) is 0 Å². The molecule has 0 saturated carbocycles. The van der Waals surface area contributed by atoms with Crippen molar-refractivity contribution in [1.82, 2.24) is 4.57 Å². The first-order valence-corrected chi connectivity index (χ1v) is 12.5. The minimum atomic E-state index is 0.149. The summed E-state index contributed by atoms with van der Waals surface area (Å²) in [5.74, 6) is 0. The topological polar surface area (TPSA) is 17.0 Å². The van der Waals surface area contributed by atoms with E-state index >= 15 is 0 Å². The zero-order chi connectivity index (χ0) is 23.3. The Kier molecular flexibility index (Phi) is 4.99. The van der Waals surface area contributed by atoms with Gasteiger partial charge in [-0.15, -0.1) is 0 Å². The predicted molar refractivity (Wildman–Crippen MR) is 146 cm³/mol. The molecule has 0 radical (unpaired) electrons. The van der Waals surface area contributed by atoms with Crippen LogP contribution < -0.4 is 5.32 Å². The number of fused-ring (bicyclic) bond motifs is 4. The minimum absolute atomic E-state index is 0.149. The summed E-state index contributed by atoms with van der Waals surface area (Å²) < 4.78 is 2.39. The van der Waals surface area contributed by atoms with Crippen molar-refractivity contribution in [1.29, 1.82) is 0 Å². The van der Waals surface area contributed by atoms with Crippen LogP contribution in [0.5, 0.6) is 0 Å². The molecule has 2 heteroatoms. The van der Waals surface area contributed by atoms with Crippen LogP contribution in [-0.2, 0) is 18.3 Å². The molecule has 34 heavy (non-hydrogen) atoms. The molecule has 0 amide bonds. The fourth-order valence-electron chi connectivity index (χ4n) is 5.49. The van der Waals surface area contributed by atoms with E-state index in [1.807, 2.05) is 0 Å². The second-order valence-electron chi connectivity index (χ2n) is 10.7. The van der Waals surface area contributed by atoms with E-state index in [9.17, 15) is 0 Å². The third-order valence-corrected chi connectivity index (χ3v) is 7.34. The molecular weight excluding hydrogens is 412 g/mol. The van der Waals surface area contributed by atoms with Gasteiger partial charge in [0.15, 0.2) is 0 Å². The summed E-state index contributed by atoms with van der Waals surface area (Å²) in [5, 5.41) is 6.32. The third-order valence-electron chi connectivity index (χ3n) is 7.34. The molecule has 0 unspecified atom stereocenters. The zero-order valence-corrected chi connectivity index (χ0v) is 20.4. The Morgan fingerprint density at radius 3 is 2.29 bits per heavy atom. The SMILES string of the molecule is CC(C)(C)c1ccc(-n2c3ccccc3c3cc(Nc4cccc5c4CCCC5)ccc32)cc1. The summed E-state index contributed by atoms with van der Waals surface area (Å²) in [5.41, 5.74) is 10.6. The van der Waals surface area contributed by atoms with E-state index in [-0.39, 0.29) is 5.41 Å². The van der Waals surface area contributed by atoms with Crippen LogP contribution in [0.1, 0.15) is 50.3 Å². The predicted octanol–water partition coefficient (Wildman–Crippen LogP) is 8.70. The fraction of sp³-hybridized carbons (Fsp3) is 0.250. The first-order valence-electron chi connectivity index (χ1n) is 12.5. The summed E-state index contributed by atoms with van der Waals surface area (Å²) in [6, 6.07) is 31.3. The highest BCUT2D eigenvalue weighted by atomic mass is 15.0. The molecule has 6 rings (SSSR count). The van der Waals surface area contributed by atoms with Gasteiger partial charge in [0.25, 0.3) is 0 Å². The number of aromatic nitrogens is 1. The molecule has 0 atom stereocenters. The van der Waals surface area contributed by atoms with Crippen LogP contribution in [-0.4, -0.2) is 4.57 Å². The van der Waals surface area contributed by atoms with Crippen LogP contribution in [0.15, 0.2) is 84.9 Å². The van der Waals surface area contributed by atoms with Crippen LogP contribution in [0.2, 0.25) is 0 Å². The summed E-state index contributed by atoms with van der Waals surface area (Å²) in [6.07, 6.45) is 4.96. The lowest BCUT2D eigenvalue weighted by atomic mass is 9.87. The van der Waals surface area contributed by atoms with E-state index in [0.29, 0.717) is 0 Å². The minimum Gasteiger partial charge on any atom is -0.355 e. The van der Waals surface area contributed by atoms with Gasteiger partial charge in [-0.25, -0.2) is 0 Å². The van der Waals surface area contributed by atoms with E-state index in [2.05, 4.69) is 116 Å². The Bertz CT molecular complexity index is 1500. The van der Waals surface area contributed by atoms with Crippen LogP contribution in [0, 0.1) is 0 Å². The van der Waals surface area contributed by atoms with Crippen molar-refractivity contribution in [3.8, 4) is 5.69 Å². The Labute approximate surface area is 202 Å². The number of hydrogen-bond acceptors (Lipinski definition) is 1. The first kappa shape index (κ1) is 21.0. The summed E-state index contributed by atoms with van der Waals surface area (Å²) in [7, 11) is 0. The third kappa shape index (κ3) is 3.58. The Morgan fingerprint density at radius 1 is 0.706 bits per heavy atom. The monoisotopic (exact) mass is 444 g/mol. The Hall–Kier alpha value is -3.52. The molecule has 0 aliphatic heterocycles. The summed E-state index contributed by atoms with van der Waals surface area (Å²) >= 11 is 0. The molecule has 0 fully saturated rings. The van der Waals surface area contributed by atoms with E-state index in [1.165, 1.54) is 75.6 Å². The maximum atomic E-state index is 3.75. The van der Waals surface area contributed by atoms with Crippen molar-refractivity contribution in [2.75, 3.05) is 5.32 Å². The molecule has 2 nitrogen and oxygen atoms in total. The average molecular weight is 445 g/mol. The molecule has 1 aromatic heterocycles. The Morgan fingerprint density at radius 2 is 1.47 bits per heavy atom. The molecule has 0 saturated heterocycles. The highest BCUT2D eigenvalue weighted by Gasteiger charge is 2.17. The van der Waals surface area contributed by atoms with Gasteiger partial charge in [-0.05, 0) is 90.3 Å². The van der Waals surface area contributed by atoms with Crippen molar-refractivity contribution < 1.29 is 0 Å². The highest BCUT2D eigenvalue weighted by Crippen LogP contribution is 2.36. The maximum Gasteiger partial charge on any atom is 0.0542 e. The summed E-state index contributed by atoms with van der Waals surface area (Å²) in [6.45, 7) is 6.79. The van der Waals surface area contributed by atoms with Gasteiger partial charge in [0.2, 0.25) is 0 Å². The van der Waals surface area contributed by atoms with Gasteiger partial charge in [-0.3, -0.25) is 0 Å². The lowest BCUT2D eigenvalue weighted by Gasteiger charge is -2.20. The number of hydrogen-bond donors (Lipinski definition) is 1. The quantitative estimate of drug-likeness (QED) is 0.294. The molecule has 4 aromatic carbocycles. The van der Waals surface area contributed by atoms with Gasteiger partial charge in [-0.2, -0.15) is 0 Å². The second kappa shape index (κ2) is 8.06. The number of benzene rings is 4. The maximum absolute atomic E-state index is 3.75. The molecule has 1 aliphatic carbocycles. The van der Waals surface area contributed by atoms with Crippen LogP contribution >= 0.6 is 0 Å². The molecule has 170 valence electrons. The van der Waals surface area contributed by atoms with E-state index < -0.39 is 0 Å². The molecule has 0 bridgehead atoms. The lowest BCUT2D eigenvalue weighted by molar-refractivity contribution is 0.590. The lowest BCUT2D eigenvalue weighted by Crippen LogP contribution is -2.10. The first-order chi connectivity index (χ1) is 16.5. The normalized spacial score (nSPS) is 13.9. The number of para-hydroxylation sites is 1. The van der Waals surface area contributed by atoms with Gasteiger partial charge in [0.1, 0.15) is 0 Å². The van der Waals surface area contributed by atoms with E-state index in [0.717, 1.165) is 5.69 Å². The number of nitrogens with one attached hydrogen (secondary N) is 1. The fourth-order valence-corrected chi connectivity index (χ4v) is 5.49. The van der Waals surface area contributed by atoms with Crippen molar-refractivity contribution >= 4 is 33.2 Å². The van der Waals surface area contributed by atoms with Gasteiger partial charge in [0, 0.05) is 27.8 Å². The second-order valence-corrected chi connectivity index (χ2v) is 10.7. The number of nitrogens with zero attached hydrogens (tertiary/aromatic N) is 1. The van der Waals surface area contributed by atoms with Crippen LogP contribution in [0.3, 0.4) is 0 Å². The molecular formula is C32H32N2. The van der Waals surface area contributed by atoms with Gasteiger partial charge in [0.05, 0.1) is 11.0 Å². The molecule has 1 N–H and O–H groups in total. The van der Waals surface area contributed by atoms with Crippen LogP contribution in [0.4, 0.5) is 11.4 Å². The standard InChI is InChI=1S/C32H32N2/c1-32(2,3)23-15-18-25(19-16-23)34-30-14-7-6-12-27(30)28-21-24(17-20-31(28)34)33-29-13-8-10-22-9-4-5-11-26(22)29/h6-8,10,12-21,33H,4-5,9,11H2,1-3H3. The Balaban J connectivity index is 1.46. The van der Waals surface area contributed by atoms with E-state index in [4.69, 9.17) is 0 Å². The van der Waals surface area contributed by atoms with Crippen molar-refractivity contribution in [3.05, 3.63) is 102 Å². The van der Waals surface area contributed by atoms with E-state index in [1.54, 1.807) is 0 Å². The van der Waals surface area contributed by atoms with Crippen molar-refractivity contribution in [2.24, 2.45) is 0 Å². The van der Waals surface area contributed by atoms with Gasteiger partial charge >= 0.3 is 0 Å². The number of anilines is 2. The number of rotatable bonds is 3. The molecule has 1 aliphatic rings.